The van der Waals surface area contributed by atoms with Crippen LogP contribution < -0.4 is 5.32 Å². The van der Waals surface area contributed by atoms with Crippen molar-refractivity contribution in [2.45, 2.75) is 32.7 Å². The number of imide groups is 1. The first kappa shape index (κ1) is 11.2. The lowest BCUT2D eigenvalue weighted by Crippen LogP contribution is -2.68. The summed E-state index contributed by atoms with van der Waals surface area (Å²) in [4.78, 5) is 23.9. The highest BCUT2D eigenvalue weighted by Gasteiger charge is 2.40. The van der Waals surface area contributed by atoms with E-state index in [2.05, 4.69) is 5.32 Å². The highest BCUT2D eigenvalue weighted by atomic mass is 16.2. The first-order chi connectivity index (χ1) is 6.49. The Labute approximate surface area is 84.7 Å². The van der Waals surface area contributed by atoms with Crippen molar-refractivity contribution < 1.29 is 9.59 Å². The second-order valence-electron chi connectivity index (χ2n) is 4.57. The summed E-state index contributed by atoms with van der Waals surface area (Å²) >= 11 is 0. The zero-order chi connectivity index (χ0) is 10.8. The lowest BCUT2D eigenvalue weighted by Gasteiger charge is -2.45. The Kier molecular flexibility index (Phi) is 3.26. The van der Waals surface area contributed by atoms with E-state index in [0.29, 0.717) is 31.8 Å². The second-order valence-corrected chi connectivity index (χ2v) is 4.57. The molecule has 4 nitrogen and oxygen atoms in total. The molecule has 1 aliphatic rings. The van der Waals surface area contributed by atoms with Crippen LogP contribution in [0.1, 0.15) is 27.2 Å². The van der Waals surface area contributed by atoms with Crippen molar-refractivity contribution in [2.24, 2.45) is 5.92 Å². The molecule has 0 bridgehead atoms. The van der Waals surface area contributed by atoms with Gasteiger partial charge in [-0.1, -0.05) is 13.8 Å². The minimum absolute atomic E-state index is 0.0704. The van der Waals surface area contributed by atoms with Crippen molar-refractivity contribution in [3.8, 4) is 0 Å². The van der Waals surface area contributed by atoms with E-state index in [1.54, 1.807) is 0 Å². The standard InChI is InChI=1S/C10H18N2O2/c1-8(2)4-9(14)12(7-13)10(3)5-11-6-10/h7-8,11H,4-6H2,1-3H3. The van der Waals surface area contributed by atoms with Crippen LogP contribution in [0.25, 0.3) is 0 Å². The lowest BCUT2D eigenvalue weighted by molar-refractivity contribution is -0.147. The molecule has 0 spiro atoms. The van der Waals surface area contributed by atoms with Gasteiger partial charge in [0.15, 0.2) is 0 Å². The van der Waals surface area contributed by atoms with Gasteiger partial charge in [-0.05, 0) is 12.8 Å². The van der Waals surface area contributed by atoms with E-state index in [1.165, 1.54) is 4.90 Å². The van der Waals surface area contributed by atoms with Crippen molar-refractivity contribution >= 4 is 12.3 Å². The molecule has 0 aromatic heterocycles. The van der Waals surface area contributed by atoms with Crippen LogP contribution >= 0.6 is 0 Å². The number of hydrogen-bond donors (Lipinski definition) is 1. The summed E-state index contributed by atoms with van der Waals surface area (Å²) in [6.07, 6.45) is 1.10. The van der Waals surface area contributed by atoms with Crippen molar-refractivity contribution in [1.29, 1.82) is 0 Å². The van der Waals surface area contributed by atoms with Crippen LogP contribution in [-0.4, -0.2) is 35.8 Å². The molecule has 0 saturated carbocycles. The Morgan fingerprint density at radius 2 is 2.14 bits per heavy atom. The molecule has 0 aromatic rings. The smallest absolute Gasteiger partial charge is 0.229 e. The Balaban J connectivity index is 2.61. The van der Waals surface area contributed by atoms with Crippen LogP contribution in [0.15, 0.2) is 0 Å². The molecule has 0 aromatic carbocycles. The Morgan fingerprint density at radius 3 is 2.43 bits per heavy atom. The van der Waals surface area contributed by atoms with Gasteiger partial charge in [0.1, 0.15) is 0 Å². The van der Waals surface area contributed by atoms with Crippen LogP contribution in [-0.2, 0) is 9.59 Å². The molecule has 1 N–H and O–H groups in total. The van der Waals surface area contributed by atoms with E-state index < -0.39 is 0 Å². The molecule has 0 radical (unpaired) electrons. The molecular weight excluding hydrogens is 180 g/mol. The van der Waals surface area contributed by atoms with Gasteiger partial charge < -0.3 is 5.32 Å². The quantitative estimate of drug-likeness (QED) is 0.664. The van der Waals surface area contributed by atoms with Crippen molar-refractivity contribution in [3.63, 3.8) is 0 Å². The molecule has 80 valence electrons. The molecule has 0 atom stereocenters. The van der Waals surface area contributed by atoms with Crippen LogP contribution in [0.2, 0.25) is 0 Å². The molecule has 0 unspecified atom stereocenters. The monoisotopic (exact) mass is 198 g/mol. The van der Waals surface area contributed by atoms with Gasteiger partial charge in [-0.25, -0.2) is 0 Å². The van der Waals surface area contributed by atoms with Crippen molar-refractivity contribution in [1.82, 2.24) is 10.2 Å². The maximum Gasteiger partial charge on any atom is 0.229 e. The number of carbonyl (C=O) groups is 2. The molecule has 1 aliphatic heterocycles. The summed E-state index contributed by atoms with van der Waals surface area (Å²) in [5.74, 6) is 0.223. The summed E-state index contributed by atoms with van der Waals surface area (Å²) in [6.45, 7) is 7.28. The van der Waals surface area contributed by atoms with Gasteiger partial charge in [0.2, 0.25) is 12.3 Å². The Morgan fingerprint density at radius 1 is 1.57 bits per heavy atom. The molecule has 14 heavy (non-hydrogen) atoms. The summed E-state index contributed by atoms with van der Waals surface area (Å²) in [7, 11) is 0. The van der Waals surface area contributed by atoms with Gasteiger partial charge >= 0.3 is 0 Å². The molecule has 1 fully saturated rings. The number of nitrogens with zero attached hydrogens (tertiary/aromatic N) is 1. The number of nitrogens with one attached hydrogen (secondary N) is 1. The van der Waals surface area contributed by atoms with E-state index in [9.17, 15) is 9.59 Å². The first-order valence-electron chi connectivity index (χ1n) is 4.98. The normalized spacial score (nSPS) is 18.9. The van der Waals surface area contributed by atoms with Crippen molar-refractivity contribution in [3.05, 3.63) is 0 Å². The fourth-order valence-corrected chi connectivity index (χ4v) is 1.59. The minimum Gasteiger partial charge on any atom is -0.312 e. The number of carbonyl (C=O) groups excluding carboxylic acids is 2. The maximum atomic E-state index is 11.7. The third-order valence-corrected chi connectivity index (χ3v) is 2.55. The van der Waals surface area contributed by atoms with Crippen LogP contribution in [0.4, 0.5) is 0 Å². The van der Waals surface area contributed by atoms with Crippen LogP contribution in [0.3, 0.4) is 0 Å². The minimum atomic E-state index is -0.298. The lowest BCUT2D eigenvalue weighted by atomic mass is 9.92. The fraction of sp³-hybridized carbons (Fsp3) is 0.800. The SMILES string of the molecule is CC(C)CC(=O)N(C=O)C1(C)CNC1. The average molecular weight is 198 g/mol. The Bertz CT molecular complexity index is 234. The van der Waals surface area contributed by atoms with Gasteiger partial charge in [-0.2, -0.15) is 0 Å². The van der Waals surface area contributed by atoms with Gasteiger partial charge in [0.05, 0.1) is 5.54 Å². The predicted octanol–water partition coefficient (Wildman–Crippen LogP) is 0.379. The van der Waals surface area contributed by atoms with Crippen LogP contribution in [0.5, 0.6) is 0 Å². The van der Waals surface area contributed by atoms with Gasteiger partial charge in [-0.3, -0.25) is 14.5 Å². The summed E-state index contributed by atoms with van der Waals surface area (Å²) in [5.41, 5.74) is -0.298. The van der Waals surface area contributed by atoms with Gasteiger partial charge in [-0.15, -0.1) is 0 Å². The first-order valence-corrected chi connectivity index (χ1v) is 4.98. The van der Waals surface area contributed by atoms with Crippen LogP contribution in [0, 0.1) is 5.92 Å². The van der Waals surface area contributed by atoms with E-state index in [-0.39, 0.29) is 11.4 Å². The number of rotatable bonds is 4. The van der Waals surface area contributed by atoms with E-state index >= 15 is 0 Å². The molecular formula is C10H18N2O2. The van der Waals surface area contributed by atoms with Crippen molar-refractivity contribution in [2.75, 3.05) is 13.1 Å². The van der Waals surface area contributed by atoms with E-state index in [1.807, 2.05) is 20.8 Å². The average Bonchev–Trinajstić information content (AvgIpc) is 2.01. The summed E-state index contributed by atoms with van der Waals surface area (Å²) in [5, 5.41) is 3.07. The zero-order valence-electron chi connectivity index (χ0n) is 9.04. The van der Waals surface area contributed by atoms with Gasteiger partial charge in [0.25, 0.3) is 0 Å². The third kappa shape index (κ3) is 2.12. The maximum absolute atomic E-state index is 11.7. The highest BCUT2D eigenvalue weighted by molar-refractivity contribution is 5.87. The van der Waals surface area contributed by atoms with Gasteiger partial charge in [0, 0.05) is 19.5 Å². The van der Waals surface area contributed by atoms with E-state index in [4.69, 9.17) is 0 Å². The molecule has 0 aliphatic carbocycles. The topological polar surface area (TPSA) is 49.4 Å². The predicted molar refractivity (Wildman–Crippen MR) is 53.6 cm³/mol. The molecule has 1 rings (SSSR count). The van der Waals surface area contributed by atoms with E-state index in [0.717, 1.165) is 0 Å². The zero-order valence-corrected chi connectivity index (χ0v) is 9.04. The molecule has 1 heterocycles. The Hall–Kier alpha value is -0.900. The fourth-order valence-electron chi connectivity index (χ4n) is 1.59. The highest BCUT2D eigenvalue weighted by Crippen LogP contribution is 2.20. The largest absolute Gasteiger partial charge is 0.312 e. The third-order valence-electron chi connectivity index (χ3n) is 2.55. The second kappa shape index (κ2) is 4.09. The number of amides is 2. The summed E-state index contributed by atoms with van der Waals surface area (Å²) < 4.78 is 0. The number of hydrogen-bond acceptors (Lipinski definition) is 3. The summed E-state index contributed by atoms with van der Waals surface area (Å²) in [6, 6.07) is 0. The molecule has 1 saturated heterocycles. The molecule has 4 heteroatoms. The molecule has 2 amide bonds.